The Hall–Kier alpha value is -3.06. The molecule has 0 bridgehead atoms. The number of likely N-dealkylation sites (tertiary alicyclic amines) is 2. The molecule has 1 spiro atoms. The summed E-state index contributed by atoms with van der Waals surface area (Å²) in [6.45, 7) is 2.17. The van der Waals surface area contributed by atoms with Gasteiger partial charge in [-0.3, -0.25) is 9.89 Å². The maximum absolute atomic E-state index is 13.2. The zero-order valence-electron chi connectivity index (χ0n) is 20.0. The molecule has 0 aromatic carbocycles. The highest BCUT2D eigenvalue weighted by atomic mass is 19.4. The molecule has 2 amide bonds. The number of carbonyl (C=O) groups excluding carboxylic acids is 2. The Balaban J connectivity index is 1.37. The number of carbonyl (C=O) groups is 2. The Bertz CT molecular complexity index is 1050. The maximum atomic E-state index is 13.2. The van der Waals surface area contributed by atoms with Crippen LogP contribution < -0.4 is 0 Å². The van der Waals surface area contributed by atoms with Crippen molar-refractivity contribution in [3.05, 3.63) is 23.4 Å². The fraction of sp³-hybridized carbons (Fsp3) is 0.652. The summed E-state index contributed by atoms with van der Waals surface area (Å²) in [5.41, 5.74) is 0.786. The number of H-pyrrole nitrogens is 1. The lowest BCUT2D eigenvalue weighted by atomic mass is 9.85. The summed E-state index contributed by atoms with van der Waals surface area (Å²) in [6, 6.07) is 1.52. The molecule has 3 fully saturated rings. The van der Waals surface area contributed by atoms with Crippen LogP contribution in [0.2, 0.25) is 0 Å². The number of aromatic nitrogens is 2. The van der Waals surface area contributed by atoms with Gasteiger partial charge in [0, 0.05) is 37.5 Å². The van der Waals surface area contributed by atoms with Gasteiger partial charge in [-0.25, -0.2) is 9.79 Å². The summed E-state index contributed by atoms with van der Waals surface area (Å²) < 4.78 is 80.3. The van der Waals surface area contributed by atoms with Crippen LogP contribution in [0.15, 0.2) is 22.7 Å². The lowest BCUT2D eigenvalue weighted by Crippen LogP contribution is -2.56. The predicted molar refractivity (Wildman–Crippen MR) is 119 cm³/mol. The molecule has 14 heteroatoms. The number of aromatic amines is 1. The molecule has 2 aliphatic heterocycles. The summed E-state index contributed by atoms with van der Waals surface area (Å²) in [5.74, 6) is 0.609. The van der Waals surface area contributed by atoms with Crippen LogP contribution in [0.5, 0.6) is 0 Å². The van der Waals surface area contributed by atoms with E-state index in [9.17, 15) is 35.9 Å². The van der Waals surface area contributed by atoms with E-state index in [0.29, 0.717) is 31.1 Å². The quantitative estimate of drug-likeness (QED) is 0.416. The number of nitrogens with zero attached hydrogens (tertiary/aromatic N) is 4. The Labute approximate surface area is 208 Å². The standard InChI is InChI=1S/C23H27F6N5O3/c1-14(15-3-4-15)5-9-30-17-13-16(31-32-17)18(35)34-10-2-6-21(34)7-11-33(12-8-21)20(36)37-19(22(24,25)26)23(27,28)29/h5,9,13,15,19H,2-4,6-8,10-12H2,1H3,(H,31,32)/b14-5+,30-9?. The van der Waals surface area contributed by atoms with Crippen molar-refractivity contribution >= 4 is 24.0 Å². The number of rotatable bonds is 5. The largest absolute Gasteiger partial charge is 0.434 e. The minimum Gasteiger partial charge on any atom is -0.426 e. The maximum Gasteiger partial charge on any atom is 0.434 e. The summed E-state index contributed by atoms with van der Waals surface area (Å²) in [6.07, 6.45) is -9.89. The van der Waals surface area contributed by atoms with Crippen LogP contribution in [0.1, 0.15) is 55.9 Å². The normalized spacial score (nSPS) is 20.9. The Morgan fingerprint density at radius 1 is 1.14 bits per heavy atom. The first-order valence-corrected chi connectivity index (χ1v) is 12.0. The van der Waals surface area contributed by atoms with Crippen molar-refractivity contribution in [2.24, 2.45) is 10.9 Å². The number of piperidine rings is 1. The molecule has 1 saturated carbocycles. The number of hydrogen-bond donors (Lipinski definition) is 1. The first kappa shape index (κ1) is 27.0. The molecule has 2 saturated heterocycles. The number of ether oxygens (including phenoxy) is 1. The molecular formula is C23H27F6N5O3. The summed E-state index contributed by atoms with van der Waals surface area (Å²) in [5, 5.41) is 6.73. The SMILES string of the molecule is C/C(=C\C=Nc1cc(C(=O)N2CCCC23CCN(C(=O)OC(C(F)(F)F)C(F)(F)F)CC3)[nH]n1)C1CC1. The van der Waals surface area contributed by atoms with Crippen molar-refractivity contribution in [3.63, 3.8) is 0 Å². The van der Waals surface area contributed by atoms with Crippen LogP contribution in [-0.4, -0.2) is 81.8 Å². The summed E-state index contributed by atoms with van der Waals surface area (Å²) in [7, 11) is 0. The number of amides is 2. The van der Waals surface area contributed by atoms with Gasteiger partial charge in [-0.2, -0.15) is 31.4 Å². The summed E-state index contributed by atoms with van der Waals surface area (Å²) in [4.78, 5) is 32.0. The number of alkyl halides is 6. The predicted octanol–water partition coefficient (Wildman–Crippen LogP) is 5.17. The van der Waals surface area contributed by atoms with Gasteiger partial charge >= 0.3 is 18.4 Å². The van der Waals surface area contributed by atoms with Gasteiger partial charge in [0.1, 0.15) is 5.69 Å². The summed E-state index contributed by atoms with van der Waals surface area (Å²) >= 11 is 0. The molecule has 1 aliphatic carbocycles. The molecule has 1 aromatic heterocycles. The molecule has 1 aromatic rings. The van der Waals surface area contributed by atoms with Gasteiger partial charge in [0.15, 0.2) is 5.82 Å². The smallest absolute Gasteiger partial charge is 0.426 e. The monoisotopic (exact) mass is 535 g/mol. The first-order valence-electron chi connectivity index (χ1n) is 12.0. The average molecular weight is 535 g/mol. The van der Waals surface area contributed by atoms with Crippen molar-refractivity contribution in [3.8, 4) is 0 Å². The number of aliphatic imine (C=N–C) groups is 1. The molecule has 0 atom stereocenters. The zero-order chi connectivity index (χ0) is 27.0. The second-order valence-corrected chi connectivity index (χ2v) is 9.72. The fourth-order valence-electron chi connectivity index (χ4n) is 4.91. The van der Waals surface area contributed by atoms with Crippen molar-refractivity contribution < 1.29 is 40.7 Å². The molecule has 0 unspecified atom stereocenters. The van der Waals surface area contributed by atoms with Crippen LogP contribution in [0.25, 0.3) is 0 Å². The van der Waals surface area contributed by atoms with Gasteiger partial charge in [-0.05, 0) is 57.4 Å². The van der Waals surface area contributed by atoms with Crippen LogP contribution in [-0.2, 0) is 4.74 Å². The third kappa shape index (κ3) is 6.09. The minimum atomic E-state index is -5.78. The van der Waals surface area contributed by atoms with Crippen molar-refractivity contribution in [2.45, 2.75) is 69.4 Å². The number of nitrogens with one attached hydrogen (secondary N) is 1. The molecule has 4 rings (SSSR count). The molecule has 204 valence electrons. The van der Waals surface area contributed by atoms with Crippen molar-refractivity contribution in [1.82, 2.24) is 20.0 Å². The zero-order valence-corrected chi connectivity index (χ0v) is 20.0. The van der Waals surface area contributed by atoms with Gasteiger partial charge in [0.05, 0.1) is 0 Å². The van der Waals surface area contributed by atoms with E-state index in [-0.39, 0.29) is 37.5 Å². The molecular weight excluding hydrogens is 508 g/mol. The van der Waals surface area contributed by atoms with E-state index in [0.717, 1.165) is 4.90 Å². The third-order valence-electron chi connectivity index (χ3n) is 7.17. The second-order valence-electron chi connectivity index (χ2n) is 9.72. The molecule has 37 heavy (non-hydrogen) atoms. The Kier molecular flexibility index (Phi) is 7.30. The topological polar surface area (TPSA) is 90.9 Å². The second kappa shape index (κ2) is 10.0. The van der Waals surface area contributed by atoms with Crippen molar-refractivity contribution in [1.29, 1.82) is 0 Å². The fourth-order valence-corrected chi connectivity index (χ4v) is 4.91. The van der Waals surface area contributed by atoms with Crippen LogP contribution in [0.4, 0.5) is 37.0 Å². The van der Waals surface area contributed by atoms with Gasteiger partial charge in [-0.1, -0.05) is 5.57 Å². The van der Waals surface area contributed by atoms with E-state index in [1.807, 2.05) is 13.0 Å². The van der Waals surface area contributed by atoms with Crippen LogP contribution in [0.3, 0.4) is 0 Å². The van der Waals surface area contributed by atoms with Crippen molar-refractivity contribution in [2.75, 3.05) is 19.6 Å². The highest BCUT2D eigenvalue weighted by Gasteiger charge is 2.60. The van der Waals surface area contributed by atoms with E-state index in [4.69, 9.17) is 0 Å². The van der Waals surface area contributed by atoms with Gasteiger partial charge < -0.3 is 14.5 Å². The average Bonchev–Trinajstić information content (AvgIpc) is 3.44. The van der Waals surface area contributed by atoms with Gasteiger partial charge in [0.2, 0.25) is 0 Å². The molecule has 1 N–H and O–H groups in total. The minimum absolute atomic E-state index is 0.143. The van der Waals surface area contributed by atoms with Crippen LogP contribution >= 0.6 is 0 Å². The first-order chi connectivity index (χ1) is 17.3. The molecule has 3 aliphatic rings. The van der Waals surface area contributed by atoms with E-state index in [1.54, 1.807) is 11.1 Å². The number of hydrogen-bond acceptors (Lipinski definition) is 5. The van der Waals surface area contributed by atoms with Gasteiger partial charge in [-0.15, -0.1) is 0 Å². The molecule has 0 radical (unpaired) electrons. The Morgan fingerprint density at radius 3 is 2.38 bits per heavy atom. The highest BCUT2D eigenvalue weighted by Crippen LogP contribution is 2.41. The van der Waals surface area contributed by atoms with E-state index < -0.39 is 30.1 Å². The third-order valence-corrected chi connectivity index (χ3v) is 7.17. The molecule has 3 heterocycles. The Morgan fingerprint density at radius 2 is 1.78 bits per heavy atom. The highest BCUT2D eigenvalue weighted by molar-refractivity contribution is 5.94. The number of allylic oxidation sites excluding steroid dienone is 2. The van der Waals surface area contributed by atoms with E-state index >= 15 is 0 Å². The van der Waals surface area contributed by atoms with E-state index in [1.165, 1.54) is 24.5 Å². The molecule has 8 nitrogen and oxygen atoms in total. The number of halogens is 6. The van der Waals surface area contributed by atoms with E-state index in [2.05, 4.69) is 19.9 Å². The lowest BCUT2D eigenvalue weighted by molar-refractivity contribution is -0.308. The lowest BCUT2D eigenvalue weighted by Gasteiger charge is -2.44. The van der Waals surface area contributed by atoms with Crippen LogP contribution in [0, 0.1) is 5.92 Å². The van der Waals surface area contributed by atoms with Gasteiger partial charge in [0.25, 0.3) is 12.0 Å².